The van der Waals surface area contributed by atoms with Gasteiger partial charge in [-0.1, -0.05) is 48.0 Å². The van der Waals surface area contributed by atoms with Gasteiger partial charge in [-0.3, -0.25) is 0 Å². The highest BCUT2D eigenvalue weighted by atomic mass is 16.5. The summed E-state index contributed by atoms with van der Waals surface area (Å²) < 4.78 is 5.33. The van der Waals surface area contributed by atoms with Crippen LogP contribution in [0.5, 0.6) is 0 Å². The molecule has 0 fully saturated rings. The molecular weight excluding hydrogens is 234 g/mol. The quantitative estimate of drug-likeness (QED) is 0.868. The summed E-state index contributed by atoms with van der Waals surface area (Å²) in [4.78, 5) is 0. The van der Waals surface area contributed by atoms with Crippen molar-refractivity contribution in [1.82, 2.24) is 0 Å². The largest absolute Gasteiger partial charge is 0.382 e. The number of aryl methyl sites for hydroxylation is 2. The van der Waals surface area contributed by atoms with Crippen LogP contribution in [0.3, 0.4) is 0 Å². The summed E-state index contributed by atoms with van der Waals surface area (Å²) in [6.45, 7) is 4.89. The van der Waals surface area contributed by atoms with Crippen LogP contribution in [0.25, 0.3) is 0 Å². The molecule has 1 unspecified atom stereocenters. The number of methoxy groups -OCH3 is 1. The molecular formula is C17H21NO. The van der Waals surface area contributed by atoms with Crippen LogP contribution in [0.2, 0.25) is 0 Å². The minimum atomic E-state index is 0.174. The smallest absolute Gasteiger partial charge is 0.0747 e. The molecule has 2 rings (SSSR count). The van der Waals surface area contributed by atoms with Crippen LogP contribution in [0.15, 0.2) is 48.5 Å². The molecule has 0 aromatic heterocycles. The Morgan fingerprint density at radius 2 is 1.79 bits per heavy atom. The van der Waals surface area contributed by atoms with Crippen LogP contribution in [0, 0.1) is 13.8 Å². The van der Waals surface area contributed by atoms with Gasteiger partial charge in [0.15, 0.2) is 0 Å². The van der Waals surface area contributed by atoms with Crippen molar-refractivity contribution in [3.8, 4) is 0 Å². The van der Waals surface area contributed by atoms with Gasteiger partial charge >= 0.3 is 0 Å². The number of hydrogen-bond donors (Lipinski definition) is 1. The lowest BCUT2D eigenvalue weighted by atomic mass is 10.1. The van der Waals surface area contributed by atoms with E-state index in [-0.39, 0.29) is 6.04 Å². The lowest BCUT2D eigenvalue weighted by Crippen LogP contribution is -2.16. The van der Waals surface area contributed by atoms with E-state index < -0.39 is 0 Å². The summed E-state index contributed by atoms with van der Waals surface area (Å²) in [6.07, 6.45) is 0. The predicted octanol–water partition coefficient (Wildman–Crippen LogP) is 4.10. The van der Waals surface area contributed by atoms with Crippen LogP contribution in [0.4, 0.5) is 5.69 Å². The van der Waals surface area contributed by atoms with E-state index in [2.05, 4.69) is 61.6 Å². The Balaban J connectivity index is 2.21. The SMILES string of the molecule is COCC(Nc1ccc(C)cc1C)c1ccccc1. The maximum Gasteiger partial charge on any atom is 0.0747 e. The number of hydrogen-bond acceptors (Lipinski definition) is 2. The fourth-order valence-electron chi connectivity index (χ4n) is 2.24. The molecule has 19 heavy (non-hydrogen) atoms. The first kappa shape index (κ1) is 13.6. The number of benzene rings is 2. The zero-order valence-corrected chi connectivity index (χ0v) is 11.8. The summed E-state index contributed by atoms with van der Waals surface area (Å²) in [5.41, 5.74) is 4.95. The van der Waals surface area contributed by atoms with Gasteiger partial charge in [0, 0.05) is 12.8 Å². The lowest BCUT2D eigenvalue weighted by Gasteiger charge is -2.21. The highest BCUT2D eigenvalue weighted by molar-refractivity contribution is 5.53. The van der Waals surface area contributed by atoms with Gasteiger partial charge in [0.1, 0.15) is 0 Å². The third kappa shape index (κ3) is 3.58. The van der Waals surface area contributed by atoms with E-state index in [1.807, 2.05) is 6.07 Å². The van der Waals surface area contributed by atoms with Crippen molar-refractivity contribution in [3.05, 3.63) is 65.2 Å². The van der Waals surface area contributed by atoms with Crippen LogP contribution in [-0.4, -0.2) is 13.7 Å². The van der Waals surface area contributed by atoms with Crippen molar-refractivity contribution in [2.24, 2.45) is 0 Å². The zero-order valence-electron chi connectivity index (χ0n) is 11.8. The predicted molar refractivity (Wildman–Crippen MR) is 80.6 cm³/mol. The minimum absolute atomic E-state index is 0.174. The van der Waals surface area contributed by atoms with Crippen molar-refractivity contribution in [3.63, 3.8) is 0 Å². The number of anilines is 1. The average Bonchev–Trinajstić information content (AvgIpc) is 2.42. The fraction of sp³-hybridized carbons (Fsp3) is 0.294. The first-order valence-electron chi connectivity index (χ1n) is 6.58. The Hall–Kier alpha value is -1.80. The molecule has 0 aliphatic carbocycles. The van der Waals surface area contributed by atoms with Crippen LogP contribution in [0.1, 0.15) is 22.7 Å². The van der Waals surface area contributed by atoms with E-state index in [9.17, 15) is 0 Å². The van der Waals surface area contributed by atoms with Gasteiger partial charge in [-0.15, -0.1) is 0 Å². The molecule has 0 aliphatic rings. The van der Waals surface area contributed by atoms with Gasteiger partial charge in [0.25, 0.3) is 0 Å². The third-order valence-electron chi connectivity index (χ3n) is 3.25. The summed E-state index contributed by atoms with van der Waals surface area (Å²) in [6, 6.07) is 17.0. The highest BCUT2D eigenvalue weighted by Crippen LogP contribution is 2.23. The van der Waals surface area contributed by atoms with Gasteiger partial charge in [0.2, 0.25) is 0 Å². The third-order valence-corrected chi connectivity index (χ3v) is 3.25. The Kier molecular flexibility index (Phi) is 4.58. The molecule has 2 heteroatoms. The molecule has 1 atom stereocenters. The van der Waals surface area contributed by atoms with E-state index in [0.717, 1.165) is 5.69 Å². The normalized spacial score (nSPS) is 12.2. The Morgan fingerprint density at radius 1 is 1.05 bits per heavy atom. The van der Waals surface area contributed by atoms with E-state index in [0.29, 0.717) is 6.61 Å². The average molecular weight is 255 g/mol. The van der Waals surface area contributed by atoms with Crippen molar-refractivity contribution in [1.29, 1.82) is 0 Å². The van der Waals surface area contributed by atoms with Gasteiger partial charge in [0.05, 0.1) is 12.6 Å². The molecule has 0 saturated carbocycles. The first-order valence-corrected chi connectivity index (χ1v) is 6.58. The molecule has 0 spiro atoms. The van der Waals surface area contributed by atoms with Crippen molar-refractivity contribution in [2.45, 2.75) is 19.9 Å². The van der Waals surface area contributed by atoms with Gasteiger partial charge in [-0.05, 0) is 31.0 Å². The molecule has 100 valence electrons. The minimum Gasteiger partial charge on any atom is -0.382 e. The lowest BCUT2D eigenvalue weighted by molar-refractivity contribution is 0.186. The van der Waals surface area contributed by atoms with E-state index in [1.165, 1.54) is 16.7 Å². The standard InChI is InChI=1S/C17H21NO/c1-13-9-10-16(14(2)11-13)18-17(12-19-3)15-7-5-4-6-8-15/h4-11,17-18H,12H2,1-3H3. The second kappa shape index (κ2) is 6.39. The molecule has 0 saturated heterocycles. The highest BCUT2D eigenvalue weighted by Gasteiger charge is 2.11. The Bertz CT molecular complexity index is 522. The van der Waals surface area contributed by atoms with Crippen molar-refractivity contribution >= 4 is 5.69 Å². The summed E-state index contributed by atoms with van der Waals surface area (Å²) >= 11 is 0. The molecule has 0 amide bonds. The monoisotopic (exact) mass is 255 g/mol. The van der Waals surface area contributed by atoms with Crippen LogP contribution < -0.4 is 5.32 Å². The van der Waals surface area contributed by atoms with Crippen molar-refractivity contribution < 1.29 is 4.74 Å². The molecule has 2 aromatic rings. The Morgan fingerprint density at radius 3 is 2.42 bits per heavy atom. The number of nitrogens with one attached hydrogen (secondary N) is 1. The molecule has 0 radical (unpaired) electrons. The first-order chi connectivity index (χ1) is 9.20. The zero-order chi connectivity index (χ0) is 13.7. The molecule has 0 heterocycles. The maximum absolute atomic E-state index is 5.33. The fourth-order valence-corrected chi connectivity index (χ4v) is 2.24. The second-order valence-electron chi connectivity index (χ2n) is 4.88. The number of ether oxygens (including phenoxy) is 1. The molecule has 0 aliphatic heterocycles. The number of rotatable bonds is 5. The van der Waals surface area contributed by atoms with E-state index >= 15 is 0 Å². The van der Waals surface area contributed by atoms with E-state index in [4.69, 9.17) is 4.74 Å². The molecule has 2 nitrogen and oxygen atoms in total. The summed E-state index contributed by atoms with van der Waals surface area (Å²) in [5, 5.41) is 3.57. The molecule has 0 bridgehead atoms. The topological polar surface area (TPSA) is 21.3 Å². The summed E-state index contributed by atoms with van der Waals surface area (Å²) in [5.74, 6) is 0. The van der Waals surface area contributed by atoms with Crippen LogP contribution in [-0.2, 0) is 4.74 Å². The van der Waals surface area contributed by atoms with Crippen molar-refractivity contribution in [2.75, 3.05) is 19.0 Å². The Labute approximate surface area is 115 Å². The van der Waals surface area contributed by atoms with Gasteiger partial charge in [-0.2, -0.15) is 0 Å². The van der Waals surface area contributed by atoms with Gasteiger partial charge in [-0.25, -0.2) is 0 Å². The second-order valence-corrected chi connectivity index (χ2v) is 4.88. The van der Waals surface area contributed by atoms with Crippen LogP contribution >= 0.6 is 0 Å². The maximum atomic E-state index is 5.33. The summed E-state index contributed by atoms with van der Waals surface area (Å²) in [7, 11) is 1.74. The van der Waals surface area contributed by atoms with Gasteiger partial charge < -0.3 is 10.1 Å². The van der Waals surface area contributed by atoms with E-state index in [1.54, 1.807) is 7.11 Å². The molecule has 2 aromatic carbocycles. The molecule has 1 N–H and O–H groups in total.